The van der Waals surface area contributed by atoms with Crippen molar-refractivity contribution < 1.29 is 14.3 Å². The number of rotatable bonds is 11. The van der Waals surface area contributed by atoms with E-state index in [9.17, 15) is 4.79 Å². The Morgan fingerprint density at radius 3 is 2.35 bits per heavy atom. The highest BCUT2D eigenvalue weighted by Gasteiger charge is 2.15. The Bertz CT molecular complexity index is 293. The van der Waals surface area contributed by atoms with E-state index in [0.29, 0.717) is 31.3 Å². The number of ether oxygens (including phenoxy) is 2. The number of hydrogen-bond donors (Lipinski definition) is 0. The predicted octanol–water partition coefficient (Wildman–Crippen LogP) is 4.51. The average molecular weight is 284 g/mol. The van der Waals surface area contributed by atoms with Crippen molar-refractivity contribution in [1.82, 2.24) is 0 Å². The van der Waals surface area contributed by atoms with E-state index in [0.717, 1.165) is 24.8 Å². The van der Waals surface area contributed by atoms with Gasteiger partial charge in [0, 0.05) is 6.61 Å². The summed E-state index contributed by atoms with van der Waals surface area (Å²) in [6, 6.07) is 0. The third kappa shape index (κ3) is 9.13. The monoisotopic (exact) mass is 284 g/mol. The molecule has 0 aliphatic rings. The van der Waals surface area contributed by atoms with Gasteiger partial charge in [-0.1, -0.05) is 45.6 Å². The molecule has 0 aromatic rings. The fourth-order valence-electron chi connectivity index (χ4n) is 2.08. The maximum atomic E-state index is 12.1. The number of esters is 1. The van der Waals surface area contributed by atoms with Gasteiger partial charge in [-0.25, -0.2) is 4.79 Å². The lowest BCUT2D eigenvalue weighted by Crippen LogP contribution is -2.16. The summed E-state index contributed by atoms with van der Waals surface area (Å²) in [6.45, 7) is 11.9. The highest BCUT2D eigenvalue weighted by Crippen LogP contribution is 2.16. The average Bonchev–Trinajstić information content (AvgIpc) is 2.38. The summed E-state index contributed by atoms with van der Waals surface area (Å²) in [4.78, 5) is 12.1. The molecule has 0 aromatic heterocycles. The highest BCUT2D eigenvalue weighted by atomic mass is 16.5. The minimum Gasteiger partial charge on any atom is -0.462 e. The van der Waals surface area contributed by atoms with Crippen LogP contribution in [-0.4, -0.2) is 25.8 Å². The van der Waals surface area contributed by atoms with Crippen LogP contribution in [0.5, 0.6) is 0 Å². The lowest BCUT2D eigenvalue weighted by Gasteiger charge is -2.13. The molecule has 3 heteroatoms. The second kappa shape index (κ2) is 12.0. The molecule has 0 aliphatic carbocycles. The molecule has 0 radical (unpaired) electrons. The molecule has 0 rings (SSSR count). The van der Waals surface area contributed by atoms with Crippen LogP contribution in [0.1, 0.15) is 66.7 Å². The minimum atomic E-state index is -0.201. The first kappa shape index (κ1) is 19.2. The summed E-state index contributed by atoms with van der Waals surface area (Å²) in [5.74, 6) is 0.331. The van der Waals surface area contributed by atoms with Gasteiger partial charge in [0.05, 0.1) is 18.8 Å². The Hall–Kier alpha value is -0.830. The summed E-state index contributed by atoms with van der Waals surface area (Å²) in [7, 11) is 0. The quantitative estimate of drug-likeness (QED) is 0.318. The van der Waals surface area contributed by atoms with Crippen molar-refractivity contribution in [3.8, 4) is 0 Å². The van der Waals surface area contributed by atoms with Gasteiger partial charge >= 0.3 is 5.97 Å². The standard InChI is InChI=1S/C17H32O3/c1-6-8-9-10-11-20-17(18)16(13-19-7-2)15(5)12-14(3)4/h14H,6-13H2,1-5H3. The second-order valence-corrected chi connectivity index (χ2v) is 5.69. The first-order valence-electron chi connectivity index (χ1n) is 7.96. The minimum absolute atomic E-state index is 0.201. The normalized spacial score (nSPS) is 12.5. The van der Waals surface area contributed by atoms with Gasteiger partial charge in [0.2, 0.25) is 0 Å². The number of hydrogen-bond acceptors (Lipinski definition) is 3. The largest absolute Gasteiger partial charge is 0.462 e. The summed E-state index contributed by atoms with van der Waals surface area (Å²) in [5, 5.41) is 0. The zero-order chi connectivity index (χ0) is 15.4. The van der Waals surface area contributed by atoms with Crippen LogP contribution >= 0.6 is 0 Å². The molecule has 0 saturated carbocycles. The maximum absolute atomic E-state index is 12.1. The predicted molar refractivity (Wildman–Crippen MR) is 83.7 cm³/mol. The molecule has 0 spiro atoms. The third-order valence-corrected chi connectivity index (χ3v) is 3.16. The van der Waals surface area contributed by atoms with Gasteiger partial charge in [0.25, 0.3) is 0 Å². The SMILES string of the molecule is CCCCCCOC(=O)C(COCC)=C(C)CC(C)C. The fourth-order valence-corrected chi connectivity index (χ4v) is 2.08. The molecule has 0 heterocycles. The van der Waals surface area contributed by atoms with Crippen LogP contribution in [-0.2, 0) is 14.3 Å². The lowest BCUT2D eigenvalue weighted by atomic mass is 10.00. The summed E-state index contributed by atoms with van der Waals surface area (Å²) in [5.41, 5.74) is 1.79. The van der Waals surface area contributed by atoms with Crippen molar-refractivity contribution in [1.29, 1.82) is 0 Å². The highest BCUT2D eigenvalue weighted by molar-refractivity contribution is 5.89. The van der Waals surface area contributed by atoms with E-state index in [4.69, 9.17) is 9.47 Å². The van der Waals surface area contributed by atoms with Gasteiger partial charge in [-0.05, 0) is 32.6 Å². The van der Waals surface area contributed by atoms with Crippen molar-refractivity contribution in [2.45, 2.75) is 66.7 Å². The fraction of sp³-hybridized carbons (Fsp3) is 0.824. The van der Waals surface area contributed by atoms with Gasteiger partial charge in [0.1, 0.15) is 0 Å². The Balaban J connectivity index is 4.41. The van der Waals surface area contributed by atoms with Crippen molar-refractivity contribution >= 4 is 5.97 Å². The topological polar surface area (TPSA) is 35.5 Å². The van der Waals surface area contributed by atoms with Gasteiger partial charge in [-0.2, -0.15) is 0 Å². The summed E-state index contributed by atoms with van der Waals surface area (Å²) < 4.78 is 10.8. The van der Waals surface area contributed by atoms with Crippen LogP contribution < -0.4 is 0 Å². The van der Waals surface area contributed by atoms with Crippen molar-refractivity contribution in [3.63, 3.8) is 0 Å². The van der Waals surface area contributed by atoms with Crippen LogP contribution in [0.4, 0.5) is 0 Å². The molecule has 0 bridgehead atoms. The van der Waals surface area contributed by atoms with Crippen molar-refractivity contribution in [2.75, 3.05) is 19.8 Å². The van der Waals surface area contributed by atoms with E-state index in [1.807, 2.05) is 13.8 Å². The van der Waals surface area contributed by atoms with Gasteiger partial charge in [-0.15, -0.1) is 0 Å². The van der Waals surface area contributed by atoms with E-state index in [1.54, 1.807) is 0 Å². The number of unbranched alkanes of at least 4 members (excludes halogenated alkanes) is 3. The van der Waals surface area contributed by atoms with Crippen molar-refractivity contribution in [3.05, 3.63) is 11.1 Å². The van der Waals surface area contributed by atoms with E-state index in [-0.39, 0.29) is 5.97 Å². The molecule has 0 fully saturated rings. The Labute approximate surface area is 124 Å². The molecule has 0 amide bonds. The molecular formula is C17H32O3. The van der Waals surface area contributed by atoms with Crippen LogP contribution in [0.25, 0.3) is 0 Å². The zero-order valence-corrected chi connectivity index (χ0v) is 14.0. The van der Waals surface area contributed by atoms with Crippen molar-refractivity contribution in [2.24, 2.45) is 5.92 Å². The molecule has 118 valence electrons. The Morgan fingerprint density at radius 1 is 1.10 bits per heavy atom. The lowest BCUT2D eigenvalue weighted by molar-refractivity contribution is -0.139. The van der Waals surface area contributed by atoms with Crippen LogP contribution in [0.15, 0.2) is 11.1 Å². The van der Waals surface area contributed by atoms with Gasteiger partial charge in [-0.3, -0.25) is 0 Å². The summed E-state index contributed by atoms with van der Waals surface area (Å²) >= 11 is 0. The van der Waals surface area contributed by atoms with Crippen LogP contribution in [0, 0.1) is 5.92 Å². The van der Waals surface area contributed by atoms with Gasteiger partial charge < -0.3 is 9.47 Å². The number of carbonyl (C=O) groups is 1. The second-order valence-electron chi connectivity index (χ2n) is 5.69. The molecule has 0 unspecified atom stereocenters. The van der Waals surface area contributed by atoms with Gasteiger partial charge in [0.15, 0.2) is 0 Å². The first-order valence-corrected chi connectivity index (χ1v) is 7.96. The Morgan fingerprint density at radius 2 is 1.80 bits per heavy atom. The van der Waals surface area contributed by atoms with E-state index in [2.05, 4.69) is 20.8 Å². The molecule has 20 heavy (non-hydrogen) atoms. The van der Waals surface area contributed by atoms with Crippen LogP contribution in [0.3, 0.4) is 0 Å². The van der Waals surface area contributed by atoms with E-state index in [1.165, 1.54) is 12.8 Å². The summed E-state index contributed by atoms with van der Waals surface area (Å²) in [6.07, 6.45) is 5.37. The molecule has 0 aromatic carbocycles. The molecular weight excluding hydrogens is 252 g/mol. The van der Waals surface area contributed by atoms with E-state index < -0.39 is 0 Å². The first-order chi connectivity index (χ1) is 9.52. The third-order valence-electron chi connectivity index (χ3n) is 3.16. The zero-order valence-electron chi connectivity index (χ0n) is 14.0. The smallest absolute Gasteiger partial charge is 0.336 e. The maximum Gasteiger partial charge on any atom is 0.336 e. The molecule has 0 aliphatic heterocycles. The number of carbonyl (C=O) groups excluding carboxylic acids is 1. The molecule has 0 N–H and O–H groups in total. The molecule has 0 saturated heterocycles. The molecule has 3 nitrogen and oxygen atoms in total. The van der Waals surface area contributed by atoms with Crippen LogP contribution in [0.2, 0.25) is 0 Å². The molecule has 0 atom stereocenters. The van der Waals surface area contributed by atoms with E-state index >= 15 is 0 Å². The number of allylic oxidation sites excluding steroid dienone is 1. The Kier molecular flexibility index (Phi) is 11.5.